The van der Waals surface area contributed by atoms with Gasteiger partial charge in [0.15, 0.2) is 0 Å². The van der Waals surface area contributed by atoms with Gasteiger partial charge in [0.1, 0.15) is 0 Å². The van der Waals surface area contributed by atoms with Gasteiger partial charge >= 0.3 is 0 Å². The number of pyridine rings is 1. The Hall–Kier alpha value is -1.09. The second kappa shape index (κ2) is 4.83. The van der Waals surface area contributed by atoms with Gasteiger partial charge in [-0.2, -0.15) is 0 Å². The van der Waals surface area contributed by atoms with E-state index in [4.69, 9.17) is 5.73 Å². The lowest BCUT2D eigenvalue weighted by Crippen LogP contribution is -2.22. The normalized spacial score (nSPS) is 21.8. The predicted molar refractivity (Wildman–Crippen MR) is 66.9 cm³/mol. The Morgan fingerprint density at radius 1 is 1.50 bits per heavy atom. The highest BCUT2D eigenvalue weighted by atomic mass is 15.1. The number of nitrogens with zero attached hydrogens (tertiary/aromatic N) is 2. The molecule has 2 N–H and O–H groups in total. The summed E-state index contributed by atoms with van der Waals surface area (Å²) < 4.78 is 0. The van der Waals surface area contributed by atoms with Gasteiger partial charge in [-0.05, 0) is 36.9 Å². The standard InChI is InChI=1S/C13H21N3/c1-10(2)11-5-6-16(8-11)9-13-4-3-12(14)7-15-13/h3-4,7,10-11H,5-6,8-9,14H2,1-2H3. The molecule has 0 spiro atoms. The smallest absolute Gasteiger partial charge is 0.0545 e. The van der Waals surface area contributed by atoms with Crippen molar-refractivity contribution >= 4 is 5.69 Å². The summed E-state index contributed by atoms with van der Waals surface area (Å²) in [6.45, 7) is 8.01. The molecule has 1 saturated heterocycles. The Balaban J connectivity index is 1.89. The Kier molecular flexibility index (Phi) is 3.44. The lowest BCUT2D eigenvalue weighted by atomic mass is 9.95. The van der Waals surface area contributed by atoms with Crippen LogP contribution < -0.4 is 5.73 Å². The summed E-state index contributed by atoms with van der Waals surface area (Å²) in [5.41, 5.74) is 7.49. The molecule has 2 rings (SSSR count). The number of nitrogens with two attached hydrogens (primary N) is 1. The van der Waals surface area contributed by atoms with Crippen molar-refractivity contribution in [3.8, 4) is 0 Å². The molecule has 16 heavy (non-hydrogen) atoms. The number of aromatic nitrogens is 1. The number of rotatable bonds is 3. The predicted octanol–water partition coefficient (Wildman–Crippen LogP) is 2.14. The maximum atomic E-state index is 5.62. The van der Waals surface area contributed by atoms with Crippen molar-refractivity contribution < 1.29 is 0 Å². The van der Waals surface area contributed by atoms with Gasteiger partial charge in [0.2, 0.25) is 0 Å². The van der Waals surface area contributed by atoms with Crippen molar-refractivity contribution in [2.45, 2.75) is 26.8 Å². The van der Waals surface area contributed by atoms with E-state index in [-0.39, 0.29) is 0 Å². The number of anilines is 1. The van der Waals surface area contributed by atoms with Crippen LogP contribution in [0.3, 0.4) is 0 Å². The van der Waals surface area contributed by atoms with Gasteiger partial charge in [-0.25, -0.2) is 0 Å². The fourth-order valence-electron chi connectivity index (χ4n) is 2.31. The lowest BCUT2D eigenvalue weighted by molar-refractivity contribution is 0.294. The zero-order valence-electron chi connectivity index (χ0n) is 10.2. The van der Waals surface area contributed by atoms with E-state index in [0.29, 0.717) is 0 Å². The third-order valence-electron chi connectivity index (χ3n) is 3.48. The van der Waals surface area contributed by atoms with Crippen LogP contribution >= 0.6 is 0 Å². The second-order valence-electron chi connectivity index (χ2n) is 5.11. The molecule has 0 radical (unpaired) electrons. The summed E-state index contributed by atoms with van der Waals surface area (Å²) in [4.78, 5) is 6.83. The van der Waals surface area contributed by atoms with Gasteiger partial charge in [0.05, 0.1) is 17.6 Å². The van der Waals surface area contributed by atoms with E-state index in [1.807, 2.05) is 12.1 Å². The van der Waals surface area contributed by atoms with Crippen LogP contribution in [0.2, 0.25) is 0 Å². The van der Waals surface area contributed by atoms with Gasteiger partial charge in [-0.15, -0.1) is 0 Å². The molecule has 0 saturated carbocycles. The van der Waals surface area contributed by atoms with Crippen molar-refractivity contribution in [3.63, 3.8) is 0 Å². The van der Waals surface area contributed by atoms with Crippen LogP contribution in [0, 0.1) is 11.8 Å². The quantitative estimate of drug-likeness (QED) is 0.847. The van der Waals surface area contributed by atoms with Gasteiger partial charge in [0.25, 0.3) is 0 Å². The first-order valence-corrected chi connectivity index (χ1v) is 6.08. The van der Waals surface area contributed by atoms with Crippen LogP contribution in [0.25, 0.3) is 0 Å². The molecule has 1 atom stereocenters. The molecular weight excluding hydrogens is 198 g/mol. The highest BCUT2D eigenvalue weighted by molar-refractivity contribution is 5.34. The number of hydrogen-bond acceptors (Lipinski definition) is 3. The molecule has 1 aromatic rings. The van der Waals surface area contributed by atoms with Crippen LogP contribution in [-0.2, 0) is 6.54 Å². The largest absolute Gasteiger partial charge is 0.397 e. The topological polar surface area (TPSA) is 42.1 Å². The van der Waals surface area contributed by atoms with Crippen molar-refractivity contribution in [1.82, 2.24) is 9.88 Å². The van der Waals surface area contributed by atoms with Crippen LogP contribution in [0.5, 0.6) is 0 Å². The lowest BCUT2D eigenvalue weighted by Gasteiger charge is -2.17. The second-order valence-corrected chi connectivity index (χ2v) is 5.11. The molecule has 3 nitrogen and oxygen atoms in total. The molecular formula is C13H21N3. The monoisotopic (exact) mass is 219 g/mol. The van der Waals surface area contributed by atoms with E-state index in [2.05, 4.69) is 23.7 Å². The summed E-state index contributed by atoms with van der Waals surface area (Å²) in [5, 5.41) is 0. The third-order valence-corrected chi connectivity index (χ3v) is 3.48. The molecule has 0 aliphatic carbocycles. The highest BCUT2D eigenvalue weighted by Crippen LogP contribution is 2.24. The molecule has 0 aromatic carbocycles. The SMILES string of the molecule is CC(C)C1CCN(Cc2ccc(N)cn2)C1. The minimum Gasteiger partial charge on any atom is -0.397 e. The molecule has 1 fully saturated rings. The first-order chi connectivity index (χ1) is 7.65. The van der Waals surface area contributed by atoms with Crippen molar-refractivity contribution in [2.24, 2.45) is 11.8 Å². The molecule has 88 valence electrons. The zero-order chi connectivity index (χ0) is 11.5. The van der Waals surface area contributed by atoms with Gasteiger partial charge in [-0.3, -0.25) is 9.88 Å². The molecule has 0 amide bonds. The summed E-state index contributed by atoms with van der Waals surface area (Å²) in [5.74, 6) is 1.65. The van der Waals surface area contributed by atoms with Gasteiger partial charge < -0.3 is 5.73 Å². The number of nitrogen functional groups attached to an aromatic ring is 1. The van der Waals surface area contributed by atoms with Gasteiger partial charge in [0, 0.05) is 13.1 Å². The highest BCUT2D eigenvalue weighted by Gasteiger charge is 2.24. The summed E-state index contributed by atoms with van der Waals surface area (Å²) >= 11 is 0. The first kappa shape index (κ1) is 11.4. The molecule has 1 aliphatic rings. The average molecular weight is 219 g/mol. The summed E-state index contributed by atoms with van der Waals surface area (Å²) in [7, 11) is 0. The Labute approximate surface area is 97.7 Å². The number of likely N-dealkylation sites (tertiary alicyclic amines) is 1. The Morgan fingerprint density at radius 2 is 2.31 bits per heavy atom. The fourth-order valence-corrected chi connectivity index (χ4v) is 2.31. The molecule has 3 heteroatoms. The van der Waals surface area contributed by atoms with E-state index in [9.17, 15) is 0 Å². The summed E-state index contributed by atoms with van der Waals surface area (Å²) in [6, 6.07) is 3.95. The van der Waals surface area contributed by atoms with Crippen LogP contribution in [0.1, 0.15) is 26.0 Å². The van der Waals surface area contributed by atoms with E-state index in [0.717, 1.165) is 29.8 Å². The van der Waals surface area contributed by atoms with E-state index < -0.39 is 0 Å². The third kappa shape index (κ3) is 2.73. The van der Waals surface area contributed by atoms with Crippen LogP contribution in [0.4, 0.5) is 5.69 Å². The van der Waals surface area contributed by atoms with E-state index in [1.54, 1.807) is 6.20 Å². The van der Waals surface area contributed by atoms with Crippen molar-refractivity contribution in [2.75, 3.05) is 18.8 Å². The maximum Gasteiger partial charge on any atom is 0.0545 e. The Morgan fingerprint density at radius 3 is 2.88 bits per heavy atom. The first-order valence-electron chi connectivity index (χ1n) is 6.08. The molecule has 0 bridgehead atoms. The Bertz CT molecular complexity index is 332. The maximum absolute atomic E-state index is 5.62. The molecule has 1 aromatic heterocycles. The molecule has 1 unspecified atom stereocenters. The number of hydrogen-bond donors (Lipinski definition) is 1. The minimum absolute atomic E-state index is 0.741. The van der Waals surface area contributed by atoms with E-state index >= 15 is 0 Å². The van der Waals surface area contributed by atoms with Crippen LogP contribution in [0.15, 0.2) is 18.3 Å². The fraction of sp³-hybridized carbons (Fsp3) is 0.615. The average Bonchev–Trinajstić information content (AvgIpc) is 2.70. The van der Waals surface area contributed by atoms with Crippen molar-refractivity contribution in [1.29, 1.82) is 0 Å². The zero-order valence-corrected chi connectivity index (χ0v) is 10.2. The van der Waals surface area contributed by atoms with E-state index in [1.165, 1.54) is 19.5 Å². The molecule has 1 aliphatic heterocycles. The van der Waals surface area contributed by atoms with Crippen molar-refractivity contribution in [3.05, 3.63) is 24.0 Å². The summed E-state index contributed by atoms with van der Waals surface area (Å²) in [6.07, 6.45) is 3.07. The molecule has 2 heterocycles. The van der Waals surface area contributed by atoms with Crippen LogP contribution in [-0.4, -0.2) is 23.0 Å². The minimum atomic E-state index is 0.741. The van der Waals surface area contributed by atoms with Gasteiger partial charge in [-0.1, -0.05) is 13.8 Å².